The molecule has 1 aromatic carbocycles. The maximum atomic E-state index is 13.5. The number of benzene rings is 1. The van der Waals surface area contributed by atoms with Gasteiger partial charge in [-0.25, -0.2) is 4.98 Å². The molecule has 1 aliphatic heterocycles. The predicted molar refractivity (Wildman–Crippen MR) is 126 cm³/mol. The highest BCUT2D eigenvalue weighted by molar-refractivity contribution is 5.98. The Morgan fingerprint density at radius 2 is 1.75 bits per heavy atom. The third-order valence-electron chi connectivity index (χ3n) is 7.62. The quantitative estimate of drug-likeness (QED) is 0.718. The van der Waals surface area contributed by atoms with Crippen LogP contribution in [-0.2, 0) is 17.3 Å². The second kappa shape index (κ2) is 7.89. The molecule has 0 atom stereocenters. The lowest BCUT2D eigenvalue weighted by atomic mass is 9.84. The number of aryl methyl sites for hydroxylation is 1. The number of rotatable bonds is 3. The molecule has 172 valence electrons. The van der Waals surface area contributed by atoms with Gasteiger partial charge in [0.2, 0.25) is 5.91 Å². The van der Waals surface area contributed by atoms with E-state index in [9.17, 15) is 9.59 Å². The number of fused-ring (bicyclic) bond motifs is 1. The van der Waals surface area contributed by atoms with E-state index in [1.807, 2.05) is 16.5 Å². The molecule has 2 saturated carbocycles. The Kier molecular flexibility index (Phi) is 5.30. The maximum Gasteiger partial charge on any atom is 0.290 e. The summed E-state index contributed by atoms with van der Waals surface area (Å²) >= 11 is 0. The molecule has 0 bridgehead atoms. The van der Waals surface area contributed by atoms with Gasteiger partial charge in [-0.05, 0) is 54.2 Å². The standard InChI is InChI=1S/C26H36N4O2/c1-26(2,3)20-14-18(17-10-11-17)15-21-23(20)27-24(28(21)4)25(32)29-12-13-30(22(31)16-29)19-8-6-5-7-9-19/h14-15,17,19H,5-13,16H2,1-4H3. The van der Waals surface area contributed by atoms with E-state index in [1.165, 1.54) is 43.2 Å². The summed E-state index contributed by atoms with van der Waals surface area (Å²) in [5, 5.41) is 0. The number of piperazine rings is 1. The van der Waals surface area contributed by atoms with Crippen molar-refractivity contribution < 1.29 is 9.59 Å². The Hall–Kier alpha value is -2.37. The molecule has 6 heteroatoms. The van der Waals surface area contributed by atoms with E-state index in [1.54, 1.807) is 4.90 Å². The Labute approximate surface area is 191 Å². The zero-order chi connectivity index (χ0) is 22.6. The zero-order valence-electron chi connectivity index (χ0n) is 20.0. The lowest BCUT2D eigenvalue weighted by Crippen LogP contribution is -2.56. The number of nitrogens with zero attached hydrogens (tertiary/aromatic N) is 4. The minimum absolute atomic E-state index is 0.0561. The van der Waals surface area contributed by atoms with Gasteiger partial charge in [-0.3, -0.25) is 9.59 Å². The highest BCUT2D eigenvalue weighted by atomic mass is 16.2. The van der Waals surface area contributed by atoms with E-state index >= 15 is 0 Å². The Bertz CT molecular complexity index is 1050. The molecule has 0 unspecified atom stereocenters. The van der Waals surface area contributed by atoms with Crippen molar-refractivity contribution in [3.8, 4) is 0 Å². The van der Waals surface area contributed by atoms with Crippen molar-refractivity contribution in [3.05, 3.63) is 29.1 Å². The summed E-state index contributed by atoms with van der Waals surface area (Å²) in [4.78, 5) is 35.0. The number of hydrogen-bond acceptors (Lipinski definition) is 3. The lowest BCUT2D eigenvalue weighted by Gasteiger charge is -2.40. The van der Waals surface area contributed by atoms with E-state index in [4.69, 9.17) is 4.98 Å². The molecule has 5 rings (SSSR count). The number of carbonyl (C=O) groups excluding carboxylic acids is 2. The highest BCUT2D eigenvalue weighted by Gasteiger charge is 2.35. The van der Waals surface area contributed by atoms with Gasteiger partial charge in [0.1, 0.15) is 6.54 Å². The molecule has 0 radical (unpaired) electrons. The van der Waals surface area contributed by atoms with Crippen LogP contribution in [0.15, 0.2) is 12.1 Å². The summed E-state index contributed by atoms with van der Waals surface area (Å²) < 4.78 is 1.94. The van der Waals surface area contributed by atoms with Gasteiger partial charge in [0.05, 0.1) is 11.0 Å². The predicted octanol–water partition coefficient (Wildman–Crippen LogP) is 4.37. The molecule has 32 heavy (non-hydrogen) atoms. The summed E-state index contributed by atoms with van der Waals surface area (Å²) in [6.45, 7) is 8.01. The second-order valence-electron chi connectivity index (χ2n) is 11.1. The van der Waals surface area contributed by atoms with E-state index in [2.05, 4.69) is 32.9 Å². The Balaban J connectivity index is 1.43. The summed E-state index contributed by atoms with van der Waals surface area (Å²) in [6, 6.07) is 4.88. The summed E-state index contributed by atoms with van der Waals surface area (Å²) in [6.07, 6.45) is 8.37. The van der Waals surface area contributed by atoms with Gasteiger partial charge in [0.25, 0.3) is 5.91 Å². The number of hydrogen-bond donors (Lipinski definition) is 0. The van der Waals surface area contributed by atoms with Crippen LogP contribution in [0.1, 0.15) is 93.4 Å². The highest BCUT2D eigenvalue weighted by Crippen LogP contribution is 2.43. The van der Waals surface area contributed by atoms with Crippen LogP contribution < -0.4 is 0 Å². The minimum Gasteiger partial charge on any atom is -0.336 e. The zero-order valence-corrected chi connectivity index (χ0v) is 20.0. The third kappa shape index (κ3) is 3.82. The molecule has 3 fully saturated rings. The van der Waals surface area contributed by atoms with E-state index in [0.29, 0.717) is 30.9 Å². The van der Waals surface area contributed by atoms with E-state index < -0.39 is 0 Å². The smallest absolute Gasteiger partial charge is 0.290 e. The molecule has 2 amide bonds. The number of aromatic nitrogens is 2. The first kappa shape index (κ1) is 21.5. The molecule has 0 N–H and O–H groups in total. The van der Waals surface area contributed by atoms with Crippen LogP contribution in [0.4, 0.5) is 0 Å². The van der Waals surface area contributed by atoms with Crippen LogP contribution in [0.25, 0.3) is 11.0 Å². The third-order valence-corrected chi connectivity index (χ3v) is 7.62. The average molecular weight is 437 g/mol. The van der Waals surface area contributed by atoms with Crippen molar-refractivity contribution in [2.45, 2.75) is 83.1 Å². The molecule has 1 saturated heterocycles. The first-order valence-electron chi connectivity index (χ1n) is 12.3. The molecule has 0 spiro atoms. The molecule has 3 aliphatic rings. The fourth-order valence-electron chi connectivity index (χ4n) is 5.50. The molecular formula is C26H36N4O2. The maximum absolute atomic E-state index is 13.5. The molecule has 2 heterocycles. The van der Waals surface area contributed by atoms with Gasteiger partial charge in [-0.15, -0.1) is 0 Å². The molecule has 6 nitrogen and oxygen atoms in total. The SMILES string of the molecule is Cn1c(C(=O)N2CCN(C3CCCCC3)C(=O)C2)nc2c(C(C)(C)C)cc(C3CC3)cc21. The number of carbonyl (C=O) groups is 2. The van der Waals surface area contributed by atoms with Crippen molar-refractivity contribution in [2.75, 3.05) is 19.6 Å². The van der Waals surface area contributed by atoms with Crippen LogP contribution in [0.3, 0.4) is 0 Å². The fourth-order valence-corrected chi connectivity index (χ4v) is 5.50. The van der Waals surface area contributed by atoms with Crippen molar-refractivity contribution in [3.63, 3.8) is 0 Å². The Morgan fingerprint density at radius 3 is 2.38 bits per heavy atom. The largest absolute Gasteiger partial charge is 0.336 e. The van der Waals surface area contributed by atoms with Crippen molar-refractivity contribution >= 4 is 22.8 Å². The van der Waals surface area contributed by atoms with Gasteiger partial charge < -0.3 is 14.4 Å². The van der Waals surface area contributed by atoms with Gasteiger partial charge in [0.15, 0.2) is 5.82 Å². The van der Waals surface area contributed by atoms with Crippen LogP contribution in [-0.4, -0.2) is 56.8 Å². The van der Waals surface area contributed by atoms with Gasteiger partial charge in [-0.1, -0.05) is 46.1 Å². The normalized spacial score (nSPS) is 20.9. The molecular weight excluding hydrogens is 400 g/mol. The average Bonchev–Trinajstić information content (AvgIpc) is 3.56. The Morgan fingerprint density at radius 1 is 1.03 bits per heavy atom. The van der Waals surface area contributed by atoms with Crippen LogP contribution in [0.2, 0.25) is 0 Å². The lowest BCUT2D eigenvalue weighted by molar-refractivity contribution is -0.138. The first-order valence-corrected chi connectivity index (χ1v) is 12.3. The minimum atomic E-state index is -0.131. The topological polar surface area (TPSA) is 58.4 Å². The second-order valence-corrected chi connectivity index (χ2v) is 11.1. The number of amides is 2. The monoisotopic (exact) mass is 436 g/mol. The van der Waals surface area contributed by atoms with Gasteiger partial charge in [0, 0.05) is 26.2 Å². The van der Waals surface area contributed by atoms with Crippen LogP contribution >= 0.6 is 0 Å². The summed E-state index contributed by atoms with van der Waals surface area (Å²) in [5.74, 6) is 1.03. The van der Waals surface area contributed by atoms with Crippen LogP contribution in [0.5, 0.6) is 0 Å². The fraction of sp³-hybridized carbons (Fsp3) is 0.654. The summed E-state index contributed by atoms with van der Waals surface area (Å²) in [7, 11) is 1.94. The van der Waals surface area contributed by atoms with E-state index in [0.717, 1.165) is 23.9 Å². The van der Waals surface area contributed by atoms with Crippen molar-refractivity contribution in [1.29, 1.82) is 0 Å². The van der Waals surface area contributed by atoms with Crippen molar-refractivity contribution in [1.82, 2.24) is 19.4 Å². The van der Waals surface area contributed by atoms with E-state index in [-0.39, 0.29) is 23.8 Å². The van der Waals surface area contributed by atoms with Crippen LogP contribution in [0, 0.1) is 0 Å². The number of imidazole rings is 1. The van der Waals surface area contributed by atoms with Crippen molar-refractivity contribution in [2.24, 2.45) is 7.05 Å². The molecule has 1 aromatic heterocycles. The molecule has 2 aromatic rings. The first-order chi connectivity index (χ1) is 15.2. The van der Waals surface area contributed by atoms with Gasteiger partial charge in [-0.2, -0.15) is 0 Å². The van der Waals surface area contributed by atoms with Gasteiger partial charge >= 0.3 is 0 Å². The summed E-state index contributed by atoms with van der Waals surface area (Å²) in [5.41, 5.74) is 4.44. The molecule has 2 aliphatic carbocycles.